The fourth-order valence-electron chi connectivity index (χ4n) is 2.31. The van der Waals surface area contributed by atoms with Crippen LogP contribution in [0.5, 0.6) is 0 Å². The molecule has 0 bridgehead atoms. The van der Waals surface area contributed by atoms with E-state index >= 15 is 0 Å². The van der Waals surface area contributed by atoms with Crippen molar-refractivity contribution in [3.63, 3.8) is 0 Å². The molecule has 2 rings (SSSR count). The van der Waals surface area contributed by atoms with Crippen LogP contribution in [0.2, 0.25) is 0 Å². The second-order valence-corrected chi connectivity index (χ2v) is 6.87. The normalized spacial score (nSPS) is 19.9. The Labute approximate surface area is 114 Å². The van der Waals surface area contributed by atoms with Crippen molar-refractivity contribution in [1.29, 1.82) is 0 Å². The molecule has 0 spiro atoms. The maximum absolute atomic E-state index is 12.2. The Morgan fingerprint density at radius 2 is 2.47 bits per heavy atom. The molecule has 5 heteroatoms. The van der Waals surface area contributed by atoms with E-state index in [1.807, 2.05) is 24.1 Å². The number of amides is 1. The van der Waals surface area contributed by atoms with E-state index in [1.165, 1.54) is 0 Å². The van der Waals surface area contributed by atoms with Crippen LogP contribution in [0.15, 0.2) is 15.9 Å². The van der Waals surface area contributed by atoms with Gasteiger partial charge in [-0.25, -0.2) is 0 Å². The SMILES string of the molecule is CNCC1CCCN1C(=O)Cc1ccc(Br)s1. The maximum atomic E-state index is 12.2. The third-order valence-corrected chi connectivity index (χ3v) is 4.72. The van der Waals surface area contributed by atoms with Gasteiger partial charge in [-0.15, -0.1) is 11.3 Å². The van der Waals surface area contributed by atoms with Crippen molar-refractivity contribution >= 4 is 33.2 Å². The number of likely N-dealkylation sites (N-methyl/N-ethyl adjacent to an activating group) is 1. The summed E-state index contributed by atoms with van der Waals surface area (Å²) in [5, 5.41) is 3.16. The van der Waals surface area contributed by atoms with Gasteiger partial charge in [0.25, 0.3) is 0 Å². The van der Waals surface area contributed by atoms with E-state index in [0.717, 1.165) is 34.6 Å². The largest absolute Gasteiger partial charge is 0.338 e. The van der Waals surface area contributed by atoms with Crippen LogP contribution >= 0.6 is 27.3 Å². The first kappa shape index (κ1) is 13.1. The molecule has 1 saturated heterocycles. The summed E-state index contributed by atoms with van der Waals surface area (Å²) in [6.45, 7) is 1.82. The van der Waals surface area contributed by atoms with Crippen LogP contribution in [-0.2, 0) is 11.2 Å². The van der Waals surface area contributed by atoms with E-state index in [1.54, 1.807) is 11.3 Å². The van der Waals surface area contributed by atoms with Crippen molar-refractivity contribution in [2.45, 2.75) is 25.3 Å². The lowest BCUT2D eigenvalue weighted by Crippen LogP contribution is -2.41. The van der Waals surface area contributed by atoms with Gasteiger partial charge < -0.3 is 10.2 Å². The van der Waals surface area contributed by atoms with Gasteiger partial charge in [-0.2, -0.15) is 0 Å². The Balaban J connectivity index is 1.95. The average molecular weight is 317 g/mol. The van der Waals surface area contributed by atoms with E-state index < -0.39 is 0 Å². The monoisotopic (exact) mass is 316 g/mol. The van der Waals surface area contributed by atoms with Crippen LogP contribution < -0.4 is 5.32 Å². The predicted molar refractivity (Wildman–Crippen MR) is 74.4 cm³/mol. The number of halogens is 1. The van der Waals surface area contributed by atoms with E-state index in [9.17, 15) is 4.79 Å². The van der Waals surface area contributed by atoms with E-state index in [2.05, 4.69) is 21.2 Å². The summed E-state index contributed by atoms with van der Waals surface area (Å²) in [7, 11) is 1.94. The lowest BCUT2D eigenvalue weighted by molar-refractivity contribution is -0.131. The first-order valence-corrected chi connectivity index (χ1v) is 7.50. The number of carbonyl (C=O) groups excluding carboxylic acids is 1. The van der Waals surface area contributed by atoms with Crippen LogP contribution in [0.1, 0.15) is 17.7 Å². The lowest BCUT2D eigenvalue weighted by atomic mass is 10.2. The summed E-state index contributed by atoms with van der Waals surface area (Å²) in [4.78, 5) is 15.4. The zero-order valence-electron chi connectivity index (χ0n) is 9.91. The smallest absolute Gasteiger partial charge is 0.228 e. The highest BCUT2D eigenvalue weighted by atomic mass is 79.9. The summed E-state index contributed by atoms with van der Waals surface area (Å²) in [5.41, 5.74) is 0. The van der Waals surface area contributed by atoms with Crippen molar-refractivity contribution < 1.29 is 4.79 Å². The molecule has 94 valence electrons. The van der Waals surface area contributed by atoms with Gasteiger partial charge >= 0.3 is 0 Å². The average Bonchev–Trinajstić information content (AvgIpc) is 2.88. The Hall–Kier alpha value is -0.390. The number of hydrogen-bond acceptors (Lipinski definition) is 3. The van der Waals surface area contributed by atoms with E-state index in [0.29, 0.717) is 12.5 Å². The molecule has 1 aliphatic heterocycles. The predicted octanol–water partition coefficient (Wildman–Crippen LogP) is 2.26. The highest BCUT2D eigenvalue weighted by Gasteiger charge is 2.27. The van der Waals surface area contributed by atoms with Crippen LogP contribution in [0.3, 0.4) is 0 Å². The summed E-state index contributed by atoms with van der Waals surface area (Å²) in [6.07, 6.45) is 2.80. The van der Waals surface area contributed by atoms with Gasteiger partial charge in [0.1, 0.15) is 0 Å². The number of thiophene rings is 1. The second-order valence-electron chi connectivity index (χ2n) is 4.32. The van der Waals surface area contributed by atoms with Gasteiger partial charge in [-0.3, -0.25) is 4.79 Å². The Morgan fingerprint density at radius 3 is 3.12 bits per heavy atom. The molecular formula is C12H17BrN2OS. The zero-order chi connectivity index (χ0) is 12.3. The standard InChI is InChI=1S/C12H17BrN2OS/c1-14-8-9-3-2-6-15(9)12(16)7-10-4-5-11(13)17-10/h4-5,9,14H,2-3,6-8H2,1H3. The molecule has 1 unspecified atom stereocenters. The maximum Gasteiger partial charge on any atom is 0.228 e. The first-order valence-electron chi connectivity index (χ1n) is 5.89. The van der Waals surface area contributed by atoms with Crippen molar-refractivity contribution in [1.82, 2.24) is 10.2 Å². The van der Waals surface area contributed by atoms with Gasteiger partial charge in [0, 0.05) is 24.0 Å². The molecule has 1 N–H and O–H groups in total. The number of rotatable bonds is 4. The fraction of sp³-hybridized carbons (Fsp3) is 0.583. The van der Waals surface area contributed by atoms with Crippen molar-refractivity contribution in [2.75, 3.05) is 20.1 Å². The Morgan fingerprint density at radius 1 is 1.65 bits per heavy atom. The zero-order valence-corrected chi connectivity index (χ0v) is 12.3. The third kappa shape index (κ3) is 3.30. The molecule has 17 heavy (non-hydrogen) atoms. The van der Waals surface area contributed by atoms with Crippen molar-refractivity contribution in [3.8, 4) is 0 Å². The van der Waals surface area contributed by atoms with Gasteiger partial charge in [0.05, 0.1) is 10.2 Å². The van der Waals surface area contributed by atoms with E-state index in [4.69, 9.17) is 0 Å². The molecule has 1 aromatic heterocycles. The van der Waals surface area contributed by atoms with Crippen molar-refractivity contribution in [3.05, 3.63) is 20.8 Å². The minimum atomic E-state index is 0.261. The number of nitrogens with zero attached hydrogens (tertiary/aromatic N) is 1. The third-order valence-electron chi connectivity index (χ3n) is 3.09. The quantitative estimate of drug-likeness (QED) is 0.924. The molecule has 3 nitrogen and oxygen atoms in total. The topological polar surface area (TPSA) is 32.3 Å². The second kappa shape index (κ2) is 5.98. The summed E-state index contributed by atoms with van der Waals surface area (Å²) in [6, 6.07) is 4.41. The highest BCUT2D eigenvalue weighted by molar-refractivity contribution is 9.11. The summed E-state index contributed by atoms with van der Waals surface area (Å²) >= 11 is 5.07. The molecule has 0 aliphatic carbocycles. The van der Waals surface area contributed by atoms with Gasteiger partial charge in [-0.1, -0.05) is 0 Å². The van der Waals surface area contributed by atoms with Gasteiger partial charge in [0.2, 0.25) is 5.91 Å². The van der Waals surface area contributed by atoms with Gasteiger partial charge in [-0.05, 0) is 48.0 Å². The van der Waals surface area contributed by atoms with Gasteiger partial charge in [0.15, 0.2) is 0 Å². The Kier molecular flexibility index (Phi) is 4.59. The Bertz CT molecular complexity index is 394. The molecule has 1 fully saturated rings. The number of nitrogens with one attached hydrogen (secondary N) is 1. The fourth-order valence-corrected chi connectivity index (χ4v) is 3.78. The summed E-state index contributed by atoms with van der Waals surface area (Å²) < 4.78 is 1.09. The number of likely N-dealkylation sites (tertiary alicyclic amines) is 1. The minimum Gasteiger partial charge on any atom is -0.338 e. The van der Waals surface area contributed by atoms with Crippen LogP contribution in [0.4, 0.5) is 0 Å². The molecule has 2 heterocycles. The van der Waals surface area contributed by atoms with Crippen LogP contribution in [0, 0.1) is 0 Å². The number of hydrogen-bond donors (Lipinski definition) is 1. The summed E-state index contributed by atoms with van der Waals surface area (Å²) in [5.74, 6) is 0.261. The molecule has 1 amide bonds. The van der Waals surface area contributed by atoms with E-state index in [-0.39, 0.29) is 5.91 Å². The molecule has 0 radical (unpaired) electrons. The molecular weight excluding hydrogens is 300 g/mol. The van der Waals surface area contributed by atoms with Crippen molar-refractivity contribution in [2.24, 2.45) is 0 Å². The minimum absolute atomic E-state index is 0.261. The first-order chi connectivity index (χ1) is 8.20. The number of carbonyl (C=O) groups is 1. The van der Waals surface area contributed by atoms with Crippen LogP contribution in [-0.4, -0.2) is 37.0 Å². The molecule has 1 aliphatic rings. The molecule has 0 aromatic carbocycles. The lowest BCUT2D eigenvalue weighted by Gasteiger charge is -2.24. The van der Waals surface area contributed by atoms with Crippen LogP contribution in [0.25, 0.3) is 0 Å². The molecule has 1 atom stereocenters. The molecule has 0 saturated carbocycles. The highest BCUT2D eigenvalue weighted by Crippen LogP contribution is 2.24. The molecule has 1 aromatic rings.